The summed E-state index contributed by atoms with van der Waals surface area (Å²) in [6, 6.07) is 11.6. The van der Waals surface area contributed by atoms with Crippen molar-refractivity contribution in [1.29, 1.82) is 0 Å². The Hall–Kier alpha value is -3.74. The van der Waals surface area contributed by atoms with Crippen LogP contribution in [0.3, 0.4) is 0 Å². The normalized spacial score (nSPS) is 11.3. The summed E-state index contributed by atoms with van der Waals surface area (Å²) in [5, 5.41) is 7.92. The zero-order valence-corrected chi connectivity index (χ0v) is 14.1. The number of hydrogen-bond acceptors (Lipinski definition) is 4. The van der Waals surface area contributed by atoms with E-state index in [0.717, 1.165) is 16.5 Å². The molecule has 7 heteroatoms. The molecule has 0 bridgehead atoms. The highest BCUT2D eigenvalue weighted by Gasteiger charge is 2.05. The Kier molecular flexibility index (Phi) is 4.03. The van der Waals surface area contributed by atoms with E-state index in [2.05, 4.69) is 26.4 Å². The van der Waals surface area contributed by atoms with Gasteiger partial charge in [-0.2, -0.15) is 5.10 Å². The third kappa shape index (κ3) is 3.10. The van der Waals surface area contributed by atoms with Gasteiger partial charge in [0.15, 0.2) is 5.82 Å². The van der Waals surface area contributed by atoms with E-state index in [4.69, 9.17) is 0 Å². The fourth-order valence-corrected chi connectivity index (χ4v) is 2.78. The number of aryl methyl sites for hydroxylation is 1. The molecular weight excluding hydrogens is 328 g/mol. The predicted molar refractivity (Wildman–Crippen MR) is 99.7 cm³/mol. The molecule has 0 fully saturated rings. The third-order valence-corrected chi connectivity index (χ3v) is 4.01. The van der Waals surface area contributed by atoms with E-state index in [1.165, 1.54) is 12.4 Å². The summed E-state index contributed by atoms with van der Waals surface area (Å²) in [7, 11) is 1.99. The number of pyridine rings is 1. The molecule has 7 nitrogen and oxygen atoms in total. The zero-order chi connectivity index (χ0) is 17.9. The molecule has 1 amide bonds. The van der Waals surface area contributed by atoms with Crippen LogP contribution in [0.2, 0.25) is 0 Å². The van der Waals surface area contributed by atoms with E-state index in [9.17, 15) is 4.79 Å². The van der Waals surface area contributed by atoms with Gasteiger partial charge in [-0.05, 0) is 24.3 Å². The molecule has 3 heterocycles. The molecule has 1 N–H and O–H groups in total. The smallest absolute Gasteiger partial charge is 0.248 e. The molecule has 0 radical (unpaired) electrons. The molecule has 0 aliphatic carbocycles. The Labute approximate surface area is 149 Å². The summed E-state index contributed by atoms with van der Waals surface area (Å²) in [6.45, 7) is 0. The number of fused-ring (bicyclic) bond motifs is 1. The van der Waals surface area contributed by atoms with E-state index >= 15 is 0 Å². The highest BCUT2D eigenvalue weighted by Crippen LogP contribution is 2.21. The molecule has 0 saturated heterocycles. The number of hydrogen-bond donors (Lipinski definition) is 1. The van der Waals surface area contributed by atoms with Gasteiger partial charge in [-0.25, -0.2) is 14.6 Å². The van der Waals surface area contributed by atoms with Gasteiger partial charge in [0.2, 0.25) is 5.91 Å². The molecule has 3 aromatic heterocycles. The Morgan fingerprint density at radius 3 is 2.85 bits per heavy atom. The van der Waals surface area contributed by atoms with Crippen LogP contribution in [-0.2, 0) is 11.8 Å². The molecule has 0 aliphatic heterocycles. The number of rotatable bonds is 4. The molecule has 4 aromatic rings. The Bertz CT molecular complexity index is 1080. The predicted octanol–water partition coefficient (Wildman–Crippen LogP) is 2.81. The second kappa shape index (κ2) is 6.64. The highest BCUT2D eigenvalue weighted by molar-refractivity contribution is 6.03. The summed E-state index contributed by atoms with van der Waals surface area (Å²) in [5.74, 6) is 0.417. The highest BCUT2D eigenvalue weighted by atomic mass is 16.1. The molecule has 4 rings (SSSR count). The zero-order valence-electron chi connectivity index (χ0n) is 14.1. The number of carbonyl (C=O) groups excluding carboxylic acids is 1. The first-order chi connectivity index (χ1) is 12.7. The van der Waals surface area contributed by atoms with E-state index in [1.54, 1.807) is 29.3 Å². The van der Waals surface area contributed by atoms with Gasteiger partial charge in [0.25, 0.3) is 0 Å². The topological polar surface area (TPSA) is 77.6 Å². The first kappa shape index (κ1) is 15.8. The van der Waals surface area contributed by atoms with Crippen molar-refractivity contribution in [2.45, 2.75) is 0 Å². The quantitative estimate of drug-likeness (QED) is 0.578. The van der Waals surface area contributed by atoms with Gasteiger partial charge < -0.3 is 9.88 Å². The number of amides is 1. The minimum Gasteiger partial charge on any atom is -0.350 e. The molecule has 0 atom stereocenters. The van der Waals surface area contributed by atoms with Crippen LogP contribution < -0.4 is 5.32 Å². The average Bonchev–Trinajstić information content (AvgIpc) is 3.30. The lowest BCUT2D eigenvalue weighted by Gasteiger charge is -2.03. The maximum atomic E-state index is 12.2. The standard InChI is InChI=1S/C19H16N6O/c1-24-11-14(16-4-2-3-5-17(16)24)6-9-19(26)23-15-7-8-18(21-10-15)25-13-20-12-22-25/h2-13H,1H3,(H,23,26)/b9-6+. The van der Waals surface area contributed by atoms with Gasteiger partial charge in [0.1, 0.15) is 12.7 Å². The lowest BCUT2D eigenvalue weighted by Crippen LogP contribution is -2.08. The molecule has 26 heavy (non-hydrogen) atoms. The summed E-state index contributed by atoms with van der Waals surface area (Å²) in [4.78, 5) is 20.3. The van der Waals surface area contributed by atoms with Crippen LogP contribution in [0.4, 0.5) is 5.69 Å². The SMILES string of the molecule is Cn1cc(/C=C/C(=O)Nc2ccc(-n3cncn3)nc2)c2ccccc21. The number of nitrogens with zero attached hydrogens (tertiary/aromatic N) is 5. The fourth-order valence-electron chi connectivity index (χ4n) is 2.78. The van der Waals surface area contributed by atoms with Gasteiger partial charge in [-0.1, -0.05) is 18.2 Å². The molecular formula is C19H16N6O. The Balaban J connectivity index is 1.47. The van der Waals surface area contributed by atoms with Gasteiger partial charge in [0, 0.05) is 35.8 Å². The second-order valence-electron chi connectivity index (χ2n) is 5.78. The van der Waals surface area contributed by atoms with Crippen LogP contribution in [0.1, 0.15) is 5.56 Å². The average molecular weight is 344 g/mol. The van der Waals surface area contributed by atoms with E-state index < -0.39 is 0 Å². The van der Waals surface area contributed by atoms with Crippen LogP contribution in [0.5, 0.6) is 0 Å². The Morgan fingerprint density at radius 2 is 2.08 bits per heavy atom. The second-order valence-corrected chi connectivity index (χ2v) is 5.78. The Morgan fingerprint density at radius 1 is 1.19 bits per heavy atom. The van der Waals surface area contributed by atoms with E-state index in [-0.39, 0.29) is 5.91 Å². The van der Waals surface area contributed by atoms with Crippen molar-refractivity contribution < 1.29 is 4.79 Å². The van der Waals surface area contributed by atoms with E-state index in [0.29, 0.717) is 11.5 Å². The van der Waals surface area contributed by atoms with Crippen LogP contribution in [0, 0.1) is 0 Å². The van der Waals surface area contributed by atoms with Crippen molar-refractivity contribution in [3.8, 4) is 5.82 Å². The monoisotopic (exact) mass is 344 g/mol. The van der Waals surface area contributed by atoms with Crippen molar-refractivity contribution in [3.05, 3.63) is 73.1 Å². The number of carbonyl (C=O) groups is 1. The number of nitrogens with one attached hydrogen (secondary N) is 1. The molecule has 0 saturated carbocycles. The first-order valence-corrected chi connectivity index (χ1v) is 8.05. The summed E-state index contributed by atoms with van der Waals surface area (Å²) >= 11 is 0. The minimum absolute atomic E-state index is 0.215. The van der Waals surface area contributed by atoms with Gasteiger partial charge >= 0.3 is 0 Å². The summed E-state index contributed by atoms with van der Waals surface area (Å²) in [6.07, 6.45) is 9.93. The number of para-hydroxylation sites is 1. The number of anilines is 1. The van der Waals surface area contributed by atoms with Crippen LogP contribution in [0.25, 0.3) is 22.8 Å². The van der Waals surface area contributed by atoms with E-state index in [1.807, 2.05) is 42.1 Å². The maximum Gasteiger partial charge on any atom is 0.248 e. The van der Waals surface area contributed by atoms with Crippen LogP contribution in [-0.4, -0.2) is 30.2 Å². The van der Waals surface area contributed by atoms with Crippen LogP contribution in [0.15, 0.2) is 67.5 Å². The molecule has 1 aromatic carbocycles. The minimum atomic E-state index is -0.215. The van der Waals surface area contributed by atoms with Gasteiger partial charge in [-0.3, -0.25) is 4.79 Å². The third-order valence-electron chi connectivity index (χ3n) is 4.01. The van der Waals surface area contributed by atoms with Crippen molar-refractivity contribution in [1.82, 2.24) is 24.3 Å². The van der Waals surface area contributed by atoms with Gasteiger partial charge in [-0.15, -0.1) is 0 Å². The van der Waals surface area contributed by atoms with Crippen molar-refractivity contribution in [2.75, 3.05) is 5.32 Å². The van der Waals surface area contributed by atoms with Gasteiger partial charge in [0.05, 0.1) is 11.9 Å². The first-order valence-electron chi connectivity index (χ1n) is 8.05. The molecule has 128 valence electrons. The number of benzene rings is 1. The van der Waals surface area contributed by atoms with Crippen molar-refractivity contribution in [2.24, 2.45) is 7.05 Å². The summed E-state index contributed by atoms with van der Waals surface area (Å²) in [5.41, 5.74) is 2.74. The van der Waals surface area contributed by atoms with Crippen molar-refractivity contribution >= 4 is 28.6 Å². The van der Waals surface area contributed by atoms with Crippen molar-refractivity contribution in [3.63, 3.8) is 0 Å². The lowest BCUT2D eigenvalue weighted by molar-refractivity contribution is -0.111. The molecule has 0 unspecified atom stereocenters. The largest absolute Gasteiger partial charge is 0.350 e. The number of aromatic nitrogens is 5. The van der Waals surface area contributed by atoms with Crippen LogP contribution >= 0.6 is 0 Å². The lowest BCUT2D eigenvalue weighted by atomic mass is 10.1. The summed E-state index contributed by atoms with van der Waals surface area (Å²) < 4.78 is 3.59. The fraction of sp³-hybridized carbons (Fsp3) is 0.0526. The maximum absolute atomic E-state index is 12.2. The molecule has 0 aliphatic rings. The molecule has 0 spiro atoms.